The van der Waals surface area contributed by atoms with Crippen molar-refractivity contribution in [1.82, 2.24) is 9.36 Å². The molecule has 0 bridgehead atoms. The van der Waals surface area contributed by atoms with Gasteiger partial charge in [-0.25, -0.2) is 4.98 Å². The van der Waals surface area contributed by atoms with Crippen LogP contribution in [0, 0.1) is 0 Å². The molecule has 0 spiro atoms. The van der Waals surface area contributed by atoms with E-state index in [9.17, 15) is 0 Å². The van der Waals surface area contributed by atoms with Gasteiger partial charge in [-0.3, -0.25) is 0 Å². The Morgan fingerprint density at radius 2 is 2.24 bits per heavy atom. The first-order chi connectivity index (χ1) is 8.22. The lowest BCUT2D eigenvalue weighted by atomic mass is 9.92. The SMILES string of the molecule is CC(C)c1nsc(N(CCCCl)C2CCC2)n1. The summed E-state index contributed by atoms with van der Waals surface area (Å²) >= 11 is 7.33. The average Bonchev–Trinajstić information content (AvgIpc) is 2.70. The summed E-state index contributed by atoms with van der Waals surface area (Å²) in [5, 5.41) is 1.09. The summed E-state index contributed by atoms with van der Waals surface area (Å²) in [5.41, 5.74) is 0. The Balaban J connectivity index is 2.07. The van der Waals surface area contributed by atoms with E-state index < -0.39 is 0 Å². The third kappa shape index (κ3) is 3.10. The maximum absolute atomic E-state index is 5.80. The number of rotatable bonds is 6. The van der Waals surface area contributed by atoms with Crippen LogP contribution in [0.4, 0.5) is 5.13 Å². The predicted molar refractivity (Wildman–Crippen MR) is 74.3 cm³/mol. The molecular formula is C12H20ClN3S. The van der Waals surface area contributed by atoms with E-state index in [1.165, 1.54) is 30.8 Å². The summed E-state index contributed by atoms with van der Waals surface area (Å²) in [4.78, 5) is 7.07. The van der Waals surface area contributed by atoms with Crippen LogP contribution < -0.4 is 4.90 Å². The topological polar surface area (TPSA) is 29.0 Å². The summed E-state index contributed by atoms with van der Waals surface area (Å²) < 4.78 is 4.44. The molecule has 96 valence electrons. The van der Waals surface area contributed by atoms with Gasteiger partial charge in [-0.1, -0.05) is 13.8 Å². The van der Waals surface area contributed by atoms with Crippen molar-refractivity contribution in [2.45, 2.75) is 51.5 Å². The van der Waals surface area contributed by atoms with Crippen LogP contribution in [0.2, 0.25) is 0 Å². The van der Waals surface area contributed by atoms with Crippen molar-refractivity contribution in [3.05, 3.63) is 5.82 Å². The second-order valence-electron chi connectivity index (χ2n) is 4.91. The molecule has 0 amide bonds. The van der Waals surface area contributed by atoms with Gasteiger partial charge in [0, 0.05) is 35.9 Å². The standard InChI is InChI=1S/C12H20ClN3S/c1-9(2)11-14-12(17-15-11)16(8-4-7-13)10-5-3-6-10/h9-10H,3-8H2,1-2H3. The van der Waals surface area contributed by atoms with Crippen LogP contribution in [0.1, 0.15) is 51.3 Å². The van der Waals surface area contributed by atoms with Crippen LogP contribution in [-0.4, -0.2) is 27.8 Å². The lowest BCUT2D eigenvalue weighted by Crippen LogP contribution is -2.41. The minimum atomic E-state index is 0.413. The average molecular weight is 274 g/mol. The van der Waals surface area contributed by atoms with Crippen LogP contribution in [0.5, 0.6) is 0 Å². The molecule has 1 aliphatic carbocycles. The molecule has 0 saturated heterocycles. The molecule has 1 aliphatic rings. The van der Waals surface area contributed by atoms with E-state index in [4.69, 9.17) is 11.6 Å². The predicted octanol–water partition coefficient (Wildman–Crippen LogP) is 3.65. The highest BCUT2D eigenvalue weighted by Crippen LogP contribution is 2.31. The number of aromatic nitrogens is 2. The fourth-order valence-corrected chi connectivity index (χ4v) is 2.97. The fourth-order valence-electron chi connectivity index (χ4n) is 1.94. The molecule has 1 saturated carbocycles. The first-order valence-electron chi connectivity index (χ1n) is 6.38. The molecule has 0 unspecified atom stereocenters. The second kappa shape index (κ2) is 6.01. The third-order valence-corrected chi connectivity index (χ3v) is 4.28. The maximum atomic E-state index is 5.80. The Hall–Kier alpha value is -0.350. The largest absolute Gasteiger partial charge is 0.344 e. The summed E-state index contributed by atoms with van der Waals surface area (Å²) in [6, 6.07) is 0.672. The maximum Gasteiger partial charge on any atom is 0.205 e. The van der Waals surface area contributed by atoms with Crippen molar-refractivity contribution in [1.29, 1.82) is 0 Å². The number of halogens is 1. The zero-order valence-electron chi connectivity index (χ0n) is 10.5. The number of hydrogen-bond donors (Lipinski definition) is 0. The molecule has 2 rings (SSSR count). The normalized spacial score (nSPS) is 16.2. The highest BCUT2D eigenvalue weighted by atomic mass is 35.5. The van der Waals surface area contributed by atoms with Gasteiger partial charge in [0.1, 0.15) is 5.82 Å². The lowest BCUT2D eigenvalue weighted by molar-refractivity contribution is 0.385. The Kier molecular flexibility index (Phi) is 4.62. The van der Waals surface area contributed by atoms with Gasteiger partial charge in [0.15, 0.2) is 0 Å². The van der Waals surface area contributed by atoms with Gasteiger partial charge in [-0.05, 0) is 25.7 Å². The summed E-state index contributed by atoms with van der Waals surface area (Å²) in [6.07, 6.45) is 4.95. The van der Waals surface area contributed by atoms with Gasteiger partial charge in [0.2, 0.25) is 5.13 Å². The van der Waals surface area contributed by atoms with Crippen molar-refractivity contribution < 1.29 is 0 Å². The molecule has 17 heavy (non-hydrogen) atoms. The highest BCUT2D eigenvalue weighted by molar-refractivity contribution is 7.09. The summed E-state index contributed by atoms with van der Waals surface area (Å²) in [5.74, 6) is 2.11. The lowest BCUT2D eigenvalue weighted by Gasteiger charge is -2.37. The fraction of sp³-hybridized carbons (Fsp3) is 0.833. The Morgan fingerprint density at radius 3 is 2.71 bits per heavy atom. The van der Waals surface area contributed by atoms with Crippen LogP contribution >= 0.6 is 23.1 Å². The monoisotopic (exact) mass is 273 g/mol. The Labute approximate surface area is 112 Å². The number of anilines is 1. The number of nitrogens with zero attached hydrogens (tertiary/aromatic N) is 3. The van der Waals surface area contributed by atoms with Crippen molar-refractivity contribution in [3.8, 4) is 0 Å². The van der Waals surface area contributed by atoms with E-state index in [1.807, 2.05) is 0 Å². The quantitative estimate of drug-likeness (QED) is 0.741. The molecule has 1 fully saturated rings. The van der Waals surface area contributed by atoms with Crippen LogP contribution in [0.15, 0.2) is 0 Å². The van der Waals surface area contributed by atoms with E-state index in [0.717, 1.165) is 29.8 Å². The van der Waals surface area contributed by atoms with Crippen LogP contribution in [0.3, 0.4) is 0 Å². The van der Waals surface area contributed by atoms with Crippen molar-refractivity contribution in [2.75, 3.05) is 17.3 Å². The molecule has 5 heteroatoms. The van der Waals surface area contributed by atoms with Crippen molar-refractivity contribution in [3.63, 3.8) is 0 Å². The minimum Gasteiger partial charge on any atom is -0.344 e. The highest BCUT2D eigenvalue weighted by Gasteiger charge is 2.27. The van der Waals surface area contributed by atoms with E-state index in [-0.39, 0.29) is 0 Å². The van der Waals surface area contributed by atoms with Crippen LogP contribution in [0.25, 0.3) is 0 Å². The zero-order chi connectivity index (χ0) is 12.3. The summed E-state index contributed by atoms with van der Waals surface area (Å²) in [7, 11) is 0. The molecule has 1 heterocycles. The van der Waals surface area contributed by atoms with Gasteiger partial charge < -0.3 is 4.90 Å². The first-order valence-corrected chi connectivity index (χ1v) is 7.69. The summed E-state index contributed by atoms with van der Waals surface area (Å²) in [6.45, 7) is 5.29. The first kappa shape index (κ1) is 13.1. The van der Waals surface area contributed by atoms with Gasteiger partial charge in [-0.2, -0.15) is 4.37 Å². The van der Waals surface area contributed by atoms with Gasteiger partial charge in [0.25, 0.3) is 0 Å². The smallest absolute Gasteiger partial charge is 0.205 e. The number of alkyl halides is 1. The molecule has 1 aromatic rings. The molecule has 0 aromatic carbocycles. The molecule has 3 nitrogen and oxygen atoms in total. The molecule has 1 aromatic heterocycles. The Bertz CT molecular complexity index is 349. The Morgan fingerprint density at radius 1 is 1.47 bits per heavy atom. The second-order valence-corrected chi connectivity index (χ2v) is 6.02. The van der Waals surface area contributed by atoms with Crippen molar-refractivity contribution >= 4 is 28.3 Å². The molecular weight excluding hydrogens is 254 g/mol. The zero-order valence-corrected chi connectivity index (χ0v) is 12.1. The van der Waals surface area contributed by atoms with E-state index in [2.05, 4.69) is 28.1 Å². The molecule has 0 N–H and O–H groups in total. The molecule has 0 atom stereocenters. The van der Waals surface area contributed by atoms with Gasteiger partial charge in [0.05, 0.1) is 0 Å². The van der Waals surface area contributed by atoms with E-state index in [0.29, 0.717) is 12.0 Å². The van der Waals surface area contributed by atoms with Crippen LogP contribution in [-0.2, 0) is 0 Å². The molecule has 0 aliphatic heterocycles. The van der Waals surface area contributed by atoms with E-state index in [1.54, 1.807) is 0 Å². The minimum absolute atomic E-state index is 0.413. The number of hydrogen-bond acceptors (Lipinski definition) is 4. The van der Waals surface area contributed by atoms with Gasteiger partial charge in [-0.15, -0.1) is 11.6 Å². The van der Waals surface area contributed by atoms with Gasteiger partial charge >= 0.3 is 0 Å². The molecule has 0 radical (unpaired) electrons. The van der Waals surface area contributed by atoms with Crippen molar-refractivity contribution in [2.24, 2.45) is 0 Å². The van der Waals surface area contributed by atoms with E-state index >= 15 is 0 Å². The third-order valence-electron chi connectivity index (χ3n) is 3.24.